The van der Waals surface area contributed by atoms with Crippen molar-refractivity contribution in [3.8, 4) is 0 Å². The summed E-state index contributed by atoms with van der Waals surface area (Å²) < 4.78 is 9.79. The van der Waals surface area contributed by atoms with Crippen molar-refractivity contribution < 1.29 is 38.6 Å². The molecule has 0 bridgehead atoms. The Morgan fingerprint density at radius 1 is 1.42 bits per heavy atom. The second-order valence-electron chi connectivity index (χ2n) is 6.35. The molecule has 0 radical (unpaired) electrons. The summed E-state index contributed by atoms with van der Waals surface area (Å²) in [7, 11) is 2.47. The molecule has 1 aromatic rings. The van der Waals surface area contributed by atoms with Gasteiger partial charge >= 0.3 is 11.9 Å². The third-order valence-corrected chi connectivity index (χ3v) is 6.73. The van der Waals surface area contributed by atoms with E-state index >= 15 is 0 Å². The van der Waals surface area contributed by atoms with E-state index in [1.54, 1.807) is 6.07 Å². The maximum absolute atomic E-state index is 12.9. The van der Waals surface area contributed by atoms with Crippen LogP contribution >= 0.6 is 23.1 Å². The van der Waals surface area contributed by atoms with Gasteiger partial charge in [0.2, 0.25) is 12.5 Å². The van der Waals surface area contributed by atoms with Crippen LogP contribution in [0.3, 0.4) is 0 Å². The van der Waals surface area contributed by atoms with Gasteiger partial charge in [-0.3, -0.25) is 14.5 Å². The zero-order valence-corrected chi connectivity index (χ0v) is 18.2. The van der Waals surface area contributed by atoms with Gasteiger partial charge in [0.15, 0.2) is 0 Å². The Balaban J connectivity index is 1.76. The van der Waals surface area contributed by atoms with Gasteiger partial charge in [-0.1, -0.05) is 11.2 Å². The van der Waals surface area contributed by atoms with Gasteiger partial charge in [0.05, 0.1) is 19.7 Å². The number of methoxy groups -OCH3 is 2. The lowest BCUT2D eigenvalue weighted by Gasteiger charge is -2.55. The summed E-state index contributed by atoms with van der Waals surface area (Å²) in [6, 6.07) is 3.61. The smallest absolute Gasteiger partial charge is 0.353 e. The molecular weight excluding hydrogens is 450 g/mol. The van der Waals surface area contributed by atoms with Crippen LogP contribution in [0.15, 0.2) is 33.9 Å². The number of fused-ring (bicyclic) bond motifs is 1. The molecule has 0 saturated carbocycles. The maximum atomic E-state index is 12.9. The molecule has 3 rings (SSSR count). The number of ether oxygens (including phenoxy) is 2. The van der Waals surface area contributed by atoms with Crippen molar-refractivity contribution in [1.29, 1.82) is 0 Å². The molecule has 13 heteroatoms. The van der Waals surface area contributed by atoms with Crippen LogP contribution in [0.1, 0.15) is 4.88 Å². The lowest BCUT2D eigenvalue weighted by Crippen LogP contribution is -2.80. The average Bonchev–Trinajstić information content (AvgIpc) is 3.26. The Kier molecular flexibility index (Phi) is 6.97. The number of carbonyl (C=O) groups excluding carboxylic acids is 3. The number of thiophene rings is 1. The topological polar surface area (TPSA) is 144 Å². The van der Waals surface area contributed by atoms with E-state index in [9.17, 15) is 24.3 Å². The monoisotopic (exact) mass is 469 g/mol. The van der Waals surface area contributed by atoms with Crippen molar-refractivity contribution >= 4 is 53.1 Å². The normalized spacial score (nSPS) is 22.7. The van der Waals surface area contributed by atoms with Gasteiger partial charge in [0.25, 0.3) is 11.6 Å². The summed E-state index contributed by atoms with van der Waals surface area (Å²) in [6.07, 6.45) is 1.20. The van der Waals surface area contributed by atoms with E-state index in [1.807, 2.05) is 11.4 Å². The Morgan fingerprint density at radius 3 is 2.81 bits per heavy atom. The van der Waals surface area contributed by atoms with Crippen molar-refractivity contribution in [2.24, 2.45) is 5.16 Å². The molecule has 2 aliphatic heterocycles. The molecule has 1 saturated heterocycles. The fraction of sp³-hybridized carbons (Fsp3) is 0.389. The first-order valence-electron chi connectivity index (χ1n) is 8.86. The highest BCUT2D eigenvalue weighted by atomic mass is 32.2. The Hall–Kier alpha value is -2.90. The van der Waals surface area contributed by atoms with Gasteiger partial charge < -0.3 is 24.7 Å². The number of β-lactam (4-membered cyclic amide) rings is 1. The fourth-order valence-electron chi connectivity index (χ4n) is 3.07. The maximum Gasteiger partial charge on any atom is 0.353 e. The molecular formula is C18H19N3O8S2. The minimum absolute atomic E-state index is 0.0739. The lowest BCUT2D eigenvalue weighted by atomic mass is 9.98. The minimum atomic E-state index is -1.66. The zero-order chi connectivity index (χ0) is 22.6. The average molecular weight is 469 g/mol. The van der Waals surface area contributed by atoms with E-state index in [1.165, 1.54) is 37.3 Å². The second-order valence-corrected chi connectivity index (χ2v) is 8.45. The summed E-state index contributed by atoms with van der Waals surface area (Å²) in [5.41, 5.74) is -1.75. The molecule has 2 amide bonds. The Morgan fingerprint density at radius 2 is 2.19 bits per heavy atom. The Bertz CT molecular complexity index is 946. The number of nitrogens with zero attached hydrogens (tertiary/aromatic N) is 2. The van der Waals surface area contributed by atoms with Crippen LogP contribution < -0.4 is 5.32 Å². The van der Waals surface area contributed by atoms with Crippen molar-refractivity contribution in [3.05, 3.63) is 33.7 Å². The summed E-state index contributed by atoms with van der Waals surface area (Å²) in [5, 5.41) is 16.9. The number of thioether (sulfide) groups is 1. The molecule has 0 unspecified atom stereocenters. The van der Waals surface area contributed by atoms with Gasteiger partial charge in [-0.15, -0.1) is 23.1 Å². The van der Waals surface area contributed by atoms with Crippen molar-refractivity contribution in [3.63, 3.8) is 0 Å². The molecule has 0 spiro atoms. The van der Waals surface area contributed by atoms with E-state index in [4.69, 9.17) is 9.57 Å². The van der Waals surface area contributed by atoms with E-state index in [0.29, 0.717) is 0 Å². The molecule has 1 fully saturated rings. The van der Waals surface area contributed by atoms with Crippen LogP contribution in [0.2, 0.25) is 0 Å². The standard InChI is InChI=1S/C18H19N3O8S2/c1-27-13(23)8-29-19-7-10-9-31-17-18(28-2,16(26)21(17)14(10)15(24)25)20-12(22)6-11-4-3-5-30-11/h3-5,7,17H,6,8-9H2,1-2H3,(H,20,22)(H,24,25)/b19-7+/t17-,18+/m1/s1. The first-order chi connectivity index (χ1) is 14.8. The number of esters is 1. The van der Waals surface area contributed by atoms with E-state index < -0.39 is 41.5 Å². The minimum Gasteiger partial charge on any atom is -0.477 e. The van der Waals surface area contributed by atoms with Crippen LogP contribution in [0.5, 0.6) is 0 Å². The van der Waals surface area contributed by atoms with E-state index in [-0.39, 0.29) is 23.4 Å². The van der Waals surface area contributed by atoms with Crippen molar-refractivity contribution in [1.82, 2.24) is 10.2 Å². The number of carboxylic acids is 1. The molecule has 2 N–H and O–H groups in total. The first-order valence-corrected chi connectivity index (χ1v) is 10.8. The fourth-order valence-corrected chi connectivity index (χ4v) is 5.17. The predicted octanol–water partition coefficient (Wildman–Crippen LogP) is 0.179. The molecule has 166 valence electrons. The number of hydrogen-bond acceptors (Lipinski definition) is 10. The molecule has 31 heavy (non-hydrogen) atoms. The molecule has 1 aromatic heterocycles. The zero-order valence-electron chi connectivity index (χ0n) is 16.5. The van der Waals surface area contributed by atoms with E-state index in [2.05, 4.69) is 15.2 Å². The van der Waals surface area contributed by atoms with Gasteiger partial charge in [0, 0.05) is 23.3 Å². The summed E-state index contributed by atoms with van der Waals surface area (Å²) >= 11 is 2.61. The quantitative estimate of drug-likeness (QED) is 0.170. The number of oxime groups is 1. The van der Waals surface area contributed by atoms with Gasteiger partial charge in [-0.25, -0.2) is 9.59 Å². The molecule has 11 nitrogen and oxygen atoms in total. The largest absolute Gasteiger partial charge is 0.477 e. The number of carbonyl (C=O) groups is 4. The highest BCUT2D eigenvalue weighted by Crippen LogP contribution is 2.46. The Labute approximate surface area is 185 Å². The SMILES string of the molecule is COC(=O)CO/N=C/C1=C(C(=O)O)N2C(=O)[C@](NC(=O)Cc3cccs3)(OC)[C@H]2SC1. The van der Waals surface area contributed by atoms with Crippen LogP contribution in [0.4, 0.5) is 0 Å². The predicted molar refractivity (Wildman–Crippen MR) is 110 cm³/mol. The van der Waals surface area contributed by atoms with Crippen LogP contribution in [-0.2, 0) is 39.9 Å². The third-order valence-electron chi connectivity index (χ3n) is 4.52. The summed E-state index contributed by atoms with van der Waals surface area (Å²) in [6.45, 7) is -0.440. The van der Waals surface area contributed by atoms with Crippen LogP contribution in [-0.4, -0.2) is 77.7 Å². The number of rotatable bonds is 9. The van der Waals surface area contributed by atoms with E-state index in [0.717, 1.165) is 16.0 Å². The number of carboxylic acid groups (broad SMARTS) is 1. The van der Waals surface area contributed by atoms with Gasteiger partial charge in [-0.2, -0.15) is 0 Å². The first kappa shape index (κ1) is 22.8. The molecule has 0 aliphatic carbocycles. The summed E-state index contributed by atoms with van der Waals surface area (Å²) in [5.74, 6) is -2.95. The third kappa shape index (κ3) is 4.43. The summed E-state index contributed by atoms with van der Waals surface area (Å²) in [4.78, 5) is 54.9. The molecule has 2 aliphatic rings. The van der Waals surface area contributed by atoms with Gasteiger partial charge in [-0.05, 0) is 11.4 Å². The molecule has 0 aromatic carbocycles. The number of nitrogens with one attached hydrogen (secondary N) is 1. The lowest BCUT2D eigenvalue weighted by molar-refractivity contribution is -0.192. The second kappa shape index (κ2) is 9.49. The number of hydrogen-bond donors (Lipinski definition) is 2. The van der Waals surface area contributed by atoms with Crippen LogP contribution in [0.25, 0.3) is 0 Å². The molecule has 2 atom stereocenters. The number of aliphatic carboxylic acids is 1. The highest BCUT2D eigenvalue weighted by Gasteiger charge is 2.66. The highest BCUT2D eigenvalue weighted by molar-refractivity contribution is 8.00. The number of amides is 2. The van der Waals surface area contributed by atoms with Crippen molar-refractivity contribution in [2.45, 2.75) is 17.5 Å². The molecule has 3 heterocycles. The van der Waals surface area contributed by atoms with Crippen molar-refractivity contribution in [2.75, 3.05) is 26.6 Å². The van der Waals surface area contributed by atoms with Crippen LogP contribution in [0, 0.1) is 0 Å². The van der Waals surface area contributed by atoms with Gasteiger partial charge in [0.1, 0.15) is 11.1 Å².